The zero-order valence-electron chi connectivity index (χ0n) is 12.8. The molecule has 0 atom stereocenters. The number of nitrogens with one attached hydrogen (secondary N) is 1. The number of hydrogen-bond acceptors (Lipinski definition) is 4. The molecule has 0 aliphatic heterocycles. The molecule has 0 radical (unpaired) electrons. The Morgan fingerprint density at radius 3 is 2.70 bits per heavy atom. The zero-order valence-corrected chi connectivity index (χ0v) is 12.8. The van der Waals surface area contributed by atoms with E-state index in [2.05, 4.69) is 36.0 Å². The van der Waals surface area contributed by atoms with Gasteiger partial charge >= 0.3 is 0 Å². The number of nitrogens with zero attached hydrogens (tertiary/aromatic N) is 2. The van der Waals surface area contributed by atoms with E-state index in [0.717, 1.165) is 38.2 Å². The van der Waals surface area contributed by atoms with Gasteiger partial charge in [-0.25, -0.2) is 9.37 Å². The van der Waals surface area contributed by atoms with Crippen molar-refractivity contribution in [2.75, 3.05) is 32.8 Å². The predicted octanol–water partition coefficient (Wildman–Crippen LogP) is 2.44. The maximum atomic E-state index is 13.3. The van der Waals surface area contributed by atoms with E-state index in [0.29, 0.717) is 19.0 Å². The van der Waals surface area contributed by atoms with E-state index < -0.39 is 0 Å². The van der Waals surface area contributed by atoms with Gasteiger partial charge < -0.3 is 15.0 Å². The molecule has 0 fully saturated rings. The summed E-state index contributed by atoms with van der Waals surface area (Å²) < 4.78 is 19.0. The van der Waals surface area contributed by atoms with Crippen LogP contribution in [0.4, 0.5) is 4.39 Å². The molecule has 0 aromatic carbocycles. The minimum Gasteiger partial charge on any atom is -0.476 e. The highest BCUT2D eigenvalue weighted by Crippen LogP contribution is 2.16. The lowest BCUT2D eigenvalue weighted by atomic mass is 10.2. The van der Waals surface area contributed by atoms with Crippen LogP contribution < -0.4 is 10.1 Å². The first kappa shape index (κ1) is 16.9. The van der Waals surface area contributed by atoms with Crippen LogP contribution in [-0.4, -0.2) is 42.7 Å². The first-order chi connectivity index (χ1) is 9.71. The van der Waals surface area contributed by atoms with Crippen LogP contribution in [0.25, 0.3) is 0 Å². The second kappa shape index (κ2) is 9.66. The highest BCUT2D eigenvalue weighted by atomic mass is 19.1. The Kier molecular flexibility index (Phi) is 8.14. The highest BCUT2D eigenvalue weighted by molar-refractivity contribution is 5.26. The number of rotatable bonds is 10. The first-order valence-electron chi connectivity index (χ1n) is 7.41. The largest absolute Gasteiger partial charge is 0.476 e. The summed E-state index contributed by atoms with van der Waals surface area (Å²) in [5.41, 5.74) is 0.776. The molecule has 0 saturated carbocycles. The SMILES string of the molecule is CCCNCc1cc(F)cnc1OCCN(CC)CC. The number of hydrogen-bond donors (Lipinski definition) is 1. The van der Waals surface area contributed by atoms with Crippen molar-refractivity contribution in [3.8, 4) is 5.88 Å². The number of aromatic nitrogens is 1. The van der Waals surface area contributed by atoms with E-state index in [1.54, 1.807) is 0 Å². The fraction of sp³-hybridized carbons (Fsp3) is 0.667. The van der Waals surface area contributed by atoms with Gasteiger partial charge in [0.05, 0.1) is 6.20 Å². The fourth-order valence-corrected chi connectivity index (χ4v) is 1.94. The van der Waals surface area contributed by atoms with E-state index >= 15 is 0 Å². The molecule has 1 rings (SSSR count). The summed E-state index contributed by atoms with van der Waals surface area (Å²) in [5.74, 6) is 0.205. The number of likely N-dealkylation sites (N-methyl/N-ethyl adjacent to an activating group) is 1. The molecule has 0 spiro atoms. The van der Waals surface area contributed by atoms with Crippen molar-refractivity contribution in [2.45, 2.75) is 33.7 Å². The standard InChI is InChI=1S/C15H26FN3O/c1-4-7-17-11-13-10-14(16)12-18-15(13)20-9-8-19(5-2)6-3/h10,12,17H,4-9,11H2,1-3H3. The van der Waals surface area contributed by atoms with E-state index in [9.17, 15) is 4.39 Å². The van der Waals surface area contributed by atoms with Crippen LogP contribution in [0, 0.1) is 5.82 Å². The Morgan fingerprint density at radius 2 is 2.05 bits per heavy atom. The van der Waals surface area contributed by atoms with E-state index in [-0.39, 0.29) is 5.82 Å². The summed E-state index contributed by atoms with van der Waals surface area (Å²) in [6.07, 6.45) is 2.25. The van der Waals surface area contributed by atoms with Crippen molar-refractivity contribution in [2.24, 2.45) is 0 Å². The second-order valence-electron chi connectivity index (χ2n) is 4.67. The van der Waals surface area contributed by atoms with Crippen molar-refractivity contribution in [3.05, 3.63) is 23.6 Å². The lowest BCUT2D eigenvalue weighted by Gasteiger charge is -2.18. The normalized spacial score (nSPS) is 11.1. The minimum atomic E-state index is -0.325. The van der Waals surface area contributed by atoms with Gasteiger partial charge in [0.2, 0.25) is 5.88 Å². The number of halogens is 1. The van der Waals surface area contributed by atoms with Gasteiger partial charge in [-0.05, 0) is 32.1 Å². The van der Waals surface area contributed by atoms with Crippen LogP contribution in [0.3, 0.4) is 0 Å². The molecule has 114 valence electrons. The van der Waals surface area contributed by atoms with Gasteiger partial charge in [-0.2, -0.15) is 0 Å². The van der Waals surface area contributed by atoms with E-state index in [1.165, 1.54) is 12.3 Å². The molecule has 0 aliphatic carbocycles. The number of pyridine rings is 1. The minimum absolute atomic E-state index is 0.325. The molecule has 1 aromatic heterocycles. The van der Waals surface area contributed by atoms with Crippen LogP contribution in [0.5, 0.6) is 5.88 Å². The third-order valence-electron chi connectivity index (χ3n) is 3.17. The van der Waals surface area contributed by atoms with Crippen molar-refractivity contribution in [1.82, 2.24) is 15.2 Å². The van der Waals surface area contributed by atoms with Gasteiger partial charge in [-0.1, -0.05) is 20.8 Å². The molecule has 20 heavy (non-hydrogen) atoms. The van der Waals surface area contributed by atoms with Crippen LogP contribution in [0.2, 0.25) is 0 Å². The van der Waals surface area contributed by atoms with Crippen LogP contribution in [-0.2, 0) is 6.54 Å². The third-order valence-corrected chi connectivity index (χ3v) is 3.17. The molecule has 1 aromatic rings. The molecule has 1 N–H and O–H groups in total. The summed E-state index contributed by atoms with van der Waals surface area (Å²) in [7, 11) is 0. The molecule has 1 heterocycles. The average molecular weight is 283 g/mol. The topological polar surface area (TPSA) is 37.4 Å². The Morgan fingerprint density at radius 1 is 1.30 bits per heavy atom. The predicted molar refractivity (Wildman–Crippen MR) is 79.5 cm³/mol. The van der Waals surface area contributed by atoms with Crippen LogP contribution >= 0.6 is 0 Å². The lowest BCUT2D eigenvalue weighted by molar-refractivity contribution is 0.216. The van der Waals surface area contributed by atoms with Crippen LogP contribution in [0.15, 0.2) is 12.3 Å². The molecule has 0 saturated heterocycles. The Hall–Kier alpha value is -1.20. The van der Waals surface area contributed by atoms with Crippen molar-refractivity contribution in [3.63, 3.8) is 0 Å². The summed E-state index contributed by atoms with van der Waals surface area (Å²) in [4.78, 5) is 6.33. The molecular weight excluding hydrogens is 257 g/mol. The van der Waals surface area contributed by atoms with E-state index in [1.807, 2.05) is 0 Å². The van der Waals surface area contributed by atoms with Crippen molar-refractivity contribution < 1.29 is 9.13 Å². The first-order valence-corrected chi connectivity index (χ1v) is 7.41. The summed E-state index contributed by atoms with van der Waals surface area (Å²) >= 11 is 0. The summed E-state index contributed by atoms with van der Waals surface area (Å²) in [6.45, 7) is 11.3. The van der Waals surface area contributed by atoms with Gasteiger partial charge in [0, 0.05) is 18.7 Å². The summed E-state index contributed by atoms with van der Waals surface area (Å²) in [5, 5.41) is 3.24. The average Bonchev–Trinajstić information content (AvgIpc) is 2.46. The quantitative estimate of drug-likeness (QED) is 0.669. The lowest BCUT2D eigenvalue weighted by Crippen LogP contribution is -2.28. The smallest absolute Gasteiger partial charge is 0.218 e. The zero-order chi connectivity index (χ0) is 14.8. The van der Waals surface area contributed by atoms with Gasteiger partial charge in [-0.15, -0.1) is 0 Å². The Bertz CT molecular complexity index is 383. The molecule has 0 amide bonds. The van der Waals surface area contributed by atoms with Gasteiger partial charge in [0.1, 0.15) is 12.4 Å². The Balaban J connectivity index is 2.54. The molecule has 4 nitrogen and oxygen atoms in total. The molecular formula is C15H26FN3O. The van der Waals surface area contributed by atoms with Gasteiger partial charge in [0.15, 0.2) is 0 Å². The maximum Gasteiger partial charge on any atom is 0.218 e. The van der Waals surface area contributed by atoms with Crippen molar-refractivity contribution in [1.29, 1.82) is 0 Å². The Labute approximate surface area is 121 Å². The molecule has 0 unspecified atom stereocenters. The van der Waals surface area contributed by atoms with E-state index in [4.69, 9.17) is 4.74 Å². The van der Waals surface area contributed by atoms with Crippen LogP contribution in [0.1, 0.15) is 32.8 Å². The molecule has 0 aliphatic rings. The van der Waals surface area contributed by atoms with Gasteiger partial charge in [0.25, 0.3) is 0 Å². The highest BCUT2D eigenvalue weighted by Gasteiger charge is 2.08. The monoisotopic (exact) mass is 283 g/mol. The second-order valence-corrected chi connectivity index (χ2v) is 4.67. The number of ether oxygens (including phenoxy) is 1. The van der Waals surface area contributed by atoms with Gasteiger partial charge in [-0.3, -0.25) is 0 Å². The van der Waals surface area contributed by atoms with Crippen molar-refractivity contribution >= 4 is 0 Å². The summed E-state index contributed by atoms with van der Waals surface area (Å²) in [6, 6.07) is 1.49. The molecule has 0 bridgehead atoms. The third kappa shape index (κ3) is 5.84. The molecule has 5 heteroatoms. The fourth-order valence-electron chi connectivity index (χ4n) is 1.94. The maximum absolute atomic E-state index is 13.3.